The smallest absolute Gasteiger partial charge is 0.425 e. The summed E-state index contributed by atoms with van der Waals surface area (Å²) in [6.07, 6.45) is -3.26. The molecule has 3 heterocycles. The number of amides is 2. The second-order valence-corrected chi connectivity index (χ2v) is 8.54. The second-order valence-electron chi connectivity index (χ2n) is 6.15. The highest BCUT2D eigenvalue weighted by Crippen LogP contribution is 2.40. The van der Waals surface area contributed by atoms with Crippen LogP contribution in [0.1, 0.15) is 12.6 Å². The number of hydrogen-bond acceptors (Lipinski definition) is 9. The van der Waals surface area contributed by atoms with E-state index in [2.05, 4.69) is 20.3 Å². The van der Waals surface area contributed by atoms with Crippen LogP contribution >= 0.6 is 23.1 Å². The number of carboxylic acid groups (broad SMARTS) is 1. The maximum atomic E-state index is 12.6. The van der Waals surface area contributed by atoms with E-state index in [1.807, 2.05) is 0 Å². The lowest BCUT2D eigenvalue weighted by Crippen LogP contribution is -2.71. The van der Waals surface area contributed by atoms with Gasteiger partial charge < -0.3 is 21.0 Å². The molecule has 1 aromatic heterocycles. The zero-order valence-corrected chi connectivity index (χ0v) is 16.7. The standard InChI is InChI=1S/C15H14F3N5O5S2/c1-5-2-7(13(26)27)23-11(25)9(12(23)30-5)21-10(24)8(6-3-29-14(19)20-6)22-28-4-15(16,17)18/h2-3,5,9,12H,4H2,1H3,(H2,19,20)(H,21,24)(H,26,27)/t5?,9?,12-/m0/s1. The Morgan fingerprint density at radius 3 is 2.73 bits per heavy atom. The Hall–Kier alpha value is -2.81. The number of rotatable bonds is 6. The number of carboxylic acids is 1. The van der Waals surface area contributed by atoms with E-state index in [1.54, 1.807) is 6.92 Å². The zero-order valence-electron chi connectivity index (χ0n) is 15.0. The van der Waals surface area contributed by atoms with Gasteiger partial charge in [-0.2, -0.15) is 13.2 Å². The molecule has 0 spiro atoms. The van der Waals surface area contributed by atoms with Gasteiger partial charge in [-0.15, -0.1) is 23.1 Å². The molecule has 2 unspecified atom stereocenters. The van der Waals surface area contributed by atoms with Crippen LogP contribution in [0.25, 0.3) is 0 Å². The number of carbonyl (C=O) groups excluding carboxylic acids is 2. The average molecular weight is 465 g/mol. The van der Waals surface area contributed by atoms with Gasteiger partial charge in [0.25, 0.3) is 11.8 Å². The first-order chi connectivity index (χ1) is 14.0. The first kappa shape index (κ1) is 21.9. The molecule has 162 valence electrons. The molecule has 10 nitrogen and oxygen atoms in total. The van der Waals surface area contributed by atoms with Crippen LogP contribution in [-0.2, 0) is 19.2 Å². The minimum atomic E-state index is -4.68. The first-order valence-electron chi connectivity index (χ1n) is 8.20. The van der Waals surface area contributed by atoms with Crippen molar-refractivity contribution in [2.75, 3.05) is 12.3 Å². The molecular weight excluding hydrogens is 451 g/mol. The van der Waals surface area contributed by atoms with Crippen molar-refractivity contribution in [3.63, 3.8) is 0 Å². The molecule has 2 aliphatic heterocycles. The fourth-order valence-electron chi connectivity index (χ4n) is 2.71. The summed E-state index contributed by atoms with van der Waals surface area (Å²) in [5.41, 5.74) is 4.57. The van der Waals surface area contributed by atoms with E-state index in [1.165, 1.54) is 23.2 Å². The Kier molecular flexibility index (Phi) is 5.94. The highest BCUT2D eigenvalue weighted by atomic mass is 32.2. The van der Waals surface area contributed by atoms with Gasteiger partial charge in [-0.3, -0.25) is 14.5 Å². The molecule has 0 aliphatic carbocycles. The number of thioether (sulfide) groups is 1. The molecular formula is C15H14F3N5O5S2. The van der Waals surface area contributed by atoms with Crippen molar-refractivity contribution >= 4 is 51.7 Å². The molecule has 1 saturated heterocycles. The van der Waals surface area contributed by atoms with E-state index >= 15 is 0 Å². The van der Waals surface area contributed by atoms with Crippen LogP contribution in [0.5, 0.6) is 0 Å². The van der Waals surface area contributed by atoms with Crippen molar-refractivity contribution in [1.82, 2.24) is 15.2 Å². The summed E-state index contributed by atoms with van der Waals surface area (Å²) in [6.45, 7) is -0.00909. The predicted octanol–water partition coefficient (Wildman–Crippen LogP) is 0.765. The van der Waals surface area contributed by atoms with Gasteiger partial charge in [0.1, 0.15) is 22.8 Å². The molecule has 2 aliphatic rings. The number of oxime groups is 1. The number of nitrogen functional groups attached to an aromatic ring is 1. The number of thiazole rings is 1. The molecule has 0 aromatic carbocycles. The normalized spacial score (nSPS) is 23.9. The van der Waals surface area contributed by atoms with Crippen molar-refractivity contribution in [3.05, 3.63) is 22.8 Å². The van der Waals surface area contributed by atoms with Crippen LogP contribution < -0.4 is 11.1 Å². The number of β-lactam (4-membered cyclic amide) rings is 1. The van der Waals surface area contributed by atoms with Crippen LogP contribution in [0.3, 0.4) is 0 Å². The molecule has 15 heteroatoms. The average Bonchev–Trinajstić information content (AvgIpc) is 3.07. The largest absolute Gasteiger partial charge is 0.477 e. The van der Waals surface area contributed by atoms with Gasteiger partial charge >= 0.3 is 12.1 Å². The van der Waals surface area contributed by atoms with Gasteiger partial charge in [0, 0.05) is 10.6 Å². The Labute approximate surface area is 174 Å². The van der Waals surface area contributed by atoms with Crippen molar-refractivity contribution < 1.29 is 37.5 Å². The van der Waals surface area contributed by atoms with Crippen molar-refractivity contribution in [1.29, 1.82) is 0 Å². The summed E-state index contributed by atoms with van der Waals surface area (Å²) < 4.78 is 37.0. The molecule has 4 N–H and O–H groups in total. The molecule has 3 rings (SSSR count). The summed E-state index contributed by atoms with van der Waals surface area (Å²) in [5.74, 6) is -2.97. The third-order valence-electron chi connectivity index (χ3n) is 3.92. The number of halogens is 3. The number of anilines is 1. The Balaban J connectivity index is 1.78. The first-order valence-corrected chi connectivity index (χ1v) is 10.0. The lowest BCUT2D eigenvalue weighted by Gasteiger charge is -2.49. The Morgan fingerprint density at radius 2 is 2.17 bits per heavy atom. The van der Waals surface area contributed by atoms with Crippen molar-refractivity contribution in [2.24, 2.45) is 5.16 Å². The third-order valence-corrected chi connectivity index (χ3v) is 5.92. The number of hydrogen-bond donors (Lipinski definition) is 3. The van der Waals surface area contributed by atoms with Gasteiger partial charge in [-0.1, -0.05) is 5.16 Å². The summed E-state index contributed by atoms with van der Waals surface area (Å²) in [5, 5.41) is 15.3. The quantitative estimate of drug-likeness (QED) is 0.317. The summed E-state index contributed by atoms with van der Waals surface area (Å²) in [4.78, 5) is 45.4. The van der Waals surface area contributed by atoms with E-state index in [9.17, 15) is 32.7 Å². The molecule has 1 aromatic rings. The van der Waals surface area contributed by atoms with Gasteiger partial charge in [0.2, 0.25) is 6.61 Å². The summed E-state index contributed by atoms with van der Waals surface area (Å²) in [7, 11) is 0. The number of aliphatic carboxylic acids is 1. The maximum absolute atomic E-state index is 12.6. The van der Waals surface area contributed by atoms with Gasteiger partial charge in [0.15, 0.2) is 10.8 Å². The van der Waals surface area contributed by atoms with Crippen LogP contribution in [0.15, 0.2) is 22.3 Å². The number of nitrogens with one attached hydrogen (secondary N) is 1. The monoisotopic (exact) mass is 465 g/mol. The van der Waals surface area contributed by atoms with E-state index in [0.29, 0.717) is 0 Å². The predicted molar refractivity (Wildman–Crippen MR) is 100 cm³/mol. The number of aromatic nitrogens is 1. The van der Waals surface area contributed by atoms with Crippen LogP contribution in [0.4, 0.5) is 18.3 Å². The van der Waals surface area contributed by atoms with Crippen LogP contribution in [0.2, 0.25) is 0 Å². The molecule has 0 radical (unpaired) electrons. The molecule has 3 atom stereocenters. The van der Waals surface area contributed by atoms with E-state index in [4.69, 9.17) is 5.73 Å². The van der Waals surface area contributed by atoms with Crippen molar-refractivity contribution in [3.8, 4) is 0 Å². The molecule has 30 heavy (non-hydrogen) atoms. The van der Waals surface area contributed by atoms with E-state index in [0.717, 1.165) is 16.2 Å². The minimum absolute atomic E-state index is 0.0418. The molecule has 2 amide bonds. The number of nitrogens with two attached hydrogens (primary N) is 1. The molecule has 0 bridgehead atoms. The highest BCUT2D eigenvalue weighted by molar-refractivity contribution is 8.00. The number of carbonyl (C=O) groups is 3. The Bertz CT molecular complexity index is 947. The lowest BCUT2D eigenvalue weighted by atomic mass is 10.0. The summed E-state index contributed by atoms with van der Waals surface area (Å²) in [6, 6.07) is -1.10. The number of fused-ring (bicyclic) bond motifs is 1. The second kappa shape index (κ2) is 8.14. The van der Waals surface area contributed by atoms with Crippen LogP contribution in [0, 0.1) is 0 Å². The Morgan fingerprint density at radius 1 is 1.47 bits per heavy atom. The fourth-order valence-corrected chi connectivity index (χ4v) is 4.58. The summed E-state index contributed by atoms with van der Waals surface area (Å²) >= 11 is 2.17. The highest BCUT2D eigenvalue weighted by Gasteiger charge is 2.54. The number of nitrogens with zero attached hydrogens (tertiary/aromatic N) is 3. The lowest BCUT2D eigenvalue weighted by molar-refractivity contribution is -0.174. The molecule has 0 saturated carbocycles. The molecule has 1 fully saturated rings. The topological polar surface area (TPSA) is 147 Å². The number of alkyl halides is 3. The van der Waals surface area contributed by atoms with Gasteiger partial charge in [-0.05, 0) is 13.0 Å². The minimum Gasteiger partial charge on any atom is -0.477 e. The SMILES string of the molecule is CC1C=C(C(=O)O)N2C(=O)C(NC(=O)C(=NOCC(F)(F)F)c3csc(N)n3)[C@@H]2S1. The zero-order chi connectivity index (χ0) is 22.2. The maximum Gasteiger partial charge on any atom is 0.425 e. The van der Waals surface area contributed by atoms with Crippen LogP contribution in [-0.4, -0.2) is 67.9 Å². The van der Waals surface area contributed by atoms with Gasteiger partial charge in [-0.25, -0.2) is 9.78 Å². The van der Waals surface area contributed by atoms with E-state index in [-0.39, 0.29) is 21.8 Å². The van der Waals surface area contributed by atoms with E-state index < -0.39 is 47.7 Å². The fraction of sp³-hybridized carbons (Fsp3) is 0.400. The third kappa shape index (κ3) is 4.51. The van der Waals surface area contributed by atoms with Crippen molar-refractivity contribution in [2.45, 2.75) is 29.8 Å². The van der Waals surface area contributed by atoms with Gasteiger partial charge in [0.05, 0.1) is 0 Å².